The fourth-order valence-electron chi connectivity index (χ4n) is 2.68. The molecular formula is C17H25N3. The Labute approximate surface area is 122 Å². The molecule has 0 aliphatic rings. The normalized spacial score (nSPS) is 12.6. The van der Waals surface area contributed by atoms with Crippen molar-refractivity contribution < 1.29 is 0 Å². The Morgan fingerprint density at radius 1 is 1.25 bits per heavy atom. The summed E-state index contributed by atoms with van der Waals surface area (Å²) in [7, 11) is 4.07. The molecule has 20 heavy (non-hydrogen) atoms. The molecule has 1 heterocycles. The lowest BCUT2D eigenvalue weighted by Gasteiger charge is -2.17. The lowest BCUT2D eigenvalue weighted by molar-refractivity contribution is 0.502. The van der Waals surface area contributed by atoms with E-state index in [0.717, 1.165) is 25.0 Å². The molecule has 1 atom stereocenters. The summed E-state index contributed by atoms with van der Waals surface area (Å²) in [6.07, 6.45) is 3.29. The smallest absolute Gasteiger partial charge is 0.0596 e. The third-order valence-electron chi connectivity index (χ3n) is 3.99. The van der Waals surface area contributed by atoms with Gasteiger partial charge in [0.15, 0.2) is 0 Å². The van der Waals surface area contributed by atoms with Crippen LogP contribution in [-0.4, -0.2) is 22.9 Å². The van der Waals surface area contributed by atoms with Crippen LogP contribution in [0.25, 0.3) is 0 Å². The largest absolute Gasteiger partial charge is 0.317 e. The molecule has 0 saturated heterocycles. The van der Waals surface area contributed by atoms with Crippen LogP contribution in [-0.2, 0) is 19.9 Å². The second kappa shape index (κ2) is 6.71. The summed E-state index contributed by atoms with van der Waals surface area (Å²) in [6.45, 7) is 4.24. The van der Waals surface area contributed by atoms with Crippen molar-refractivity contribution in [2.45, 2.75) is 39.2 Å². The molecule has 1 unspecified atom stereocenters. The molecule has 0 radical (unpaired) electrons. The standard InChI is InChI=1S/C17H25N3/c1-13-7-5-6-8-15(13)9-10-16(18-3)12-17-11-14(2)19-20(17)4/h5-8,11,16,18H,9-10,12H2,1-4H3. The van der Waals surface area contributed by atoms with Crippen molar-refractivity contribution in [3.8, 4) is 0 Å². The molecule has 0 spiro atoms. The highest BCUT2D eigenvalue weighted by Crippen LogP contribution is 2.13. The first kappa shape index (κ1) is 14.8. The van der Waals surface area contributed by atoms with Crippen molar-refractivity contribution >= 4 is 0 Å². The summed E-state index contributed by atoms with van der Waals surface area (Å²) in [5.74, 6) is 0. The van der Waals surface area contributed by atoms with E-state index in [1.165, 1.54) is 16.8 Å². The second-order valence-corrected chi connectivity index (χ2v) is 5.56. The van der Waals surface area contributed by atoms with E-state index in [1.807, 2.05) is 25.7 Å². The number of nitrogens with zero attached hydrogens (tertiary/aromatic N) is 2. The number of benzene rings is 1. The highest BCUT2D eigenvalue weighted by Gasteiger charge is 2.11. The van der Waals surface area contributed by atoms with Crippen LogP contribution in [0.2, 0.25) is 0 Å². The average molecular weight is 271 g/mol. The number of rotatable bonds is 6. The maximum absolute atomic E-state index is 4.42. The molecule has 0 aliphatic carbocycles. The van der Waals surface area contributed by atoms with Gasteiger partial charge >= 0.3 is 0 Å². The number of nitrogens with one attached hydrogen (secondary N) is 1. The zero-order valence-corrected chi connectivity index (χ0v) is 13.0. The highest BCUT2D eigenvalue weighted by atomic mass is 15.3. The van der Waals surface area contributed by atoms with E-state index < -0.39 is 0 Å². The molecule has 3 nitrogen and oxygen atoms in total. The maximum atomic E-state index is 4.42. The SMILES string of the molecule is CNC(CCc1ccccc1C)Cc1cc(C)nn1C. The third-order valence-corrected chi connectivity index (χ3v) is 3.99. The van der Waals surface area contributed by atoms with Gasteiger partial charge in [-0.3, -0.25) is 4.68 Å². The van der Waals surface area contributed by atoms with Gasteiger partial charge in [-0.25, -0.2) is 0 Å². The predicted octanol–water partition coefficient (Wildman–Crippen LogP) is 2.80. The summed E-state index contributed by atoms with van der Waals surface area (Å²) in [5.41, 5.74) is 5.23. The first-order valence-electron chi connectivity index (χ1n) is 7.31. The summed E-state index contributed by atoms with van der Waals surface area (Å²) in [6, 6.07) is 11.3. The van der Waals surface area contributed by atoms with Crippen molar-refractivity contribution in [3.63, 3.8) is 0 Å². The van der Waals surface area contributed by atoms with Crippen LogP contribution in [0.3, 0.4) is 0 Å². The van der Waals surface area contributed by atoms with E-state index in [1.54, 1.807) is 0 Å². The van der Waals surface area contributed by atoms with E-state index in [9.17, 15) is 0 Å². The number of hydrogen-bond donors (Lipinski definition) is 1. The fraction of sp³-hybridized carbons (Fsp3) is 0.471. The van der Waals surface area contributed by atoms with E-state index in [0.29, 0.717) is 6.04 Å². The van der Waals surface area contributed by atoms with Gasteiger partial charge in [-0.05, 0) is 50.9 Å². The Morgan fingerprint density at radius 2 is 2.00 bits per heavy atom. The van der Waals surface area contributed by atoms with Crippen LogP contribution in [0.5, 0.6) is 0 Å². The topological polar surface area (TPSA) is 29.9 Å². The predicted molar refractivity (Wildman–Crippen MR) is 84.0 cm³/mol. The Balaban J connectivity index is 1.96. The summed E-state index contributed by atoms with van der Waals surface area (Å²) >= 11 is 0. The molecule has 0 saturated carbocycles. The van der Waals surface area contributed by atoms with Gasteiger partial charge in [-0.2, -0.15) is 5.10 Å². The number of likely N-dealkylation sites (N-methyl/N-ethyl adjacent to an activating group) is 1. The Hall–Kier alpha value is -1.61. The van der Waals surface area contributed by atoms with Gasteiger partial charge in [0, 0.05) is 25.2 Å². The number of hydrogen-bond acceptors (Lipinski definition) is 2. The van der Waals surface area contributed by atoms with Crippen LogP contribution in [0, 0.1) is 13.8 Å². The van der Waals surface area contributed by atoms with Gasteiger partial charge in [0.05, 0.1) is 5.69 Å². The Kier molecular flexibility index (Phi) is 4.96. The summed E-state index contributed by atoms with van der Waals surface area (Å²) < 4.78 is 1.99. The van der Waals surface area contributed by atoms with Crippen LogP contribution in [0.4, 0.5) is 0 Å². The van der Waals surface area contributed by atoms with Crippen LogP contribution in [0.1, 0.15) is 28.9 Å². The number of aromatic nitrogens is 2. The Bertz CT molecular complexity index is 557. The van der Waals surface area contributed by atoms with E-state index >= 15 is 0 Å². The molecule has 0 fully saturated rings. The van der Waals surface area contributed by atoms with Gasteiger partial charge in [0.1, 0.15) is 0 Å². The first-order valence-corrected chi connectivity index (χ1v) is 7.31. The van der Waals surface area contributed by atoms with Gasteiger partial charge in [-0.15, -0.1) is 0 Å². The molecule has 0 amide bonds. The molecule has 1 N–H and O–H groups in total. The maximum Gasteiger partial charge on any atom is 0.0596 e. The minimum absolute atomic E-state index is 0.490. The van der Waals surface area contributed by atoms with Crippen LogP contribution in [0.15, 0.2) is 30.3 Å². The lowest BCUT2D eigenvalue weighted by atomic mass is 9.99. The first-order chi connectivity index (χ1) is 9.60. The second-order valence-electron chi connectivity index (χ2n) is 5.56. The van der Waals surface area contributed by atoms with Crippen LogP contribution >= 0.6 is 0 Å². The van der Waals surface area contributed by atoms with E-state index in [4.69, 9.17) is 0 Å². The fourth-order valence-corrected chi connectivity index (χ4v) is 2.68. The van der Waals surface area contributed by atoms with Crippen molar-refractivity contribution in [2.24, 2.45) is 7.05 Å². The monoisotopic (exact) mass is 271 g/mol. The molecule has 2 aromatic rings. The van der Waals surface area contributed by atoms with Crippen molar-refractivity contribution in [2.75, 3.05) is 7.05 Å². The van der Waals surface area contributed by atoms with Crippen molar-refractivity contribution in [1.29, 1.82) is 0 Å². The molecule has 3 heteroatoms. The molecule has 0 bridgehead atoms. The van der Waals surface area contributed by atoms with Crippen molar-refractivity contribution in [1.82, 2.24) is 15.1 Å². The lowest BCUT2D eigenvalue weighted by Crippen LogP contribution is -2.29. The van der Waals surface area contributed by atoms with E-state index in [2.05, 4.69) is 47.7 Å². The van der Waals surface area contributed by atoms with Gasteiger partial charge in [-0.1, -0.05) is 24.3 Å². The molecule has 1 aromatic heterocycles. The minimum Gasteiger partial charge on any atom is -0.317 e. The van der Waals surface area contributed by atoms with Crippen molar-refractivity contribution in [3.05, 3.63) is 52.8 Å². The number of aryl methyl sites for hydroxylation is 4. The Morgan fingerprint density at radius 3 is 2.60 bits per heavy atom. The molecule has 1 aromatic carbocycles. The molecular weight excluding hydrogens is 246 g/mol. The van der Waals surface area contributed by atoms with Gasteiger partial charge < -0.3 is 5.32 Å². The molecule has 108 valence electrons. The highest BCUT2D eigenvalue weighted by molar-refractivity contribution is 5.25. The summed E-state index contributed by atoms with van der Waals surface area (Å²) in [5, 5.41) is 7.86. The summed E-state index contributed by atoms with van der Waals surface area (Å²) in [4.78, 5) is 0. The van der Waals surface area contributed by atoms with Gasteiger partial charge in [0.2, 0.25) is 0 Å². The van der Waals surface area contributed by atoms with Gasteiger partial charge in [0.25, 0.3) is 0 Å². The molecule has 0 aliphatic heterocycles. The zero-order chi connectivity index (χ0) is 14.5. The third kappa shape index (κ3) is 3.70. The molecule has 2 rings (SSSR count). The quantitative estimate of drug-likeness (QED) is 0.875. The van der Waals surface area contributed by atoms with Crippen LogP contribution < -0.4 is 5.32 Å². The zero-order valence-electron chi connectivity index (χ0n) is 13.0. The minimum atomic E-state index is 0.490. The average Bonchev–Trinajstić information content (AvgIpc) is 2.74. The van der Waals surface area contributed by atoms with E-state index in [-0.39, 0.29) is 0 Å².